The Morgan fingerprint density at radius 3 is 2.39 bits per heavy atom. The van der Waals surface area contributed by atoms with Gasteiger partial charge in [0.25, 0.3) is 5.91 Å². The first-order chi connectivity index (χ1) is 13.3. The predicted molar refractivity (Wildman–Crippen MR) is 109 cm³/mol. The number of carbonyl (C=O) groups excluding carboxylic acids is 2. The van der Waals surface area contributed by atoms with Gasteiger partial charge in [-0.25, -0.2) is 4.79 Å². The SMILES string of the molecule is Cc1cc(SC#N)cc(C)c1NC(=O)COC(=O)[C@@H](C)Oc1ccc(Cl)cc1. The van der Waals surface area contributed by atoms with Gasteiger partial charge in [-0.1, -0.05) is 11.6 Å². The zero-order chi connectivity index (χ0) is 20.7. The molecule has 0 saturated heterocycles. The number of hydrogen-bond donors (Lipinski definition) is 1. The highest BCUT2D eigenvalue weighted by atomic mass is 35.5. The maximum atomic E-state index is 12.1. The molecule has 0 aliphatic rings. The first-order valence-corrected chi connectivity index (χ1v) is 9.55. The maximum Gasteiger partial charge on any atom is 0.347 e. The molecule has 0 unspecified atom stereocenters. The van der Waals surface area contributed by atoms with Gasteiger partial charge in [-0.15, -0.1) is 0 Å². The average molecular weight is 419 g/mol. The van der Waals surface area contributed by atoms with E-state index in [1.54, 1.807) is 24.3 Å². The van der Waals surface area contributed by atoms with Crippen molar-refractivity contribution in [1.29, 1.82) is 5.26 Å². The molecule has 2 aromatic carbocycles. The lowest BCUT2D eigenvalue weighted by molar-refractivity contribution is -0.153. The van der Waals surface area contributed by atoms with E-state index < -0.39 is 24.6 Å². The zero-order valence-corrected chi connectivity index (χ0v) is 17.2. The van der Waals surface area contributed by atoms with Crippen LogP contribution in [0.1, 0.15) is 18.1 Å². The van der Waals surface area contributed by atoms with Crippen LogP contribution in [-0.4, -0.2) is 24.6 Å². The molecular formula is C20H19ClN2O4S. The molecule has 8 heteroatoms. The Labute approximate surface area is 172 Å². The third-order valence-electron chi connectivity index (χ3n) is 3.74. The minimum absolute atomic E-state index is 0.430. The molecule has 0 spiro atoms. The van der Waals surface area contributed by atoms with Crippen LogP contribution in [0.4, 0.5) is 5.69 Å². The predicted octanol–water partition coefficient (Wildman–Crippen LogP) is 4.48. The van der Waals surface area contributed by atoms with E-state index in [1.165, 1.54) is 6.92 Å². The fourth-order valence-electron chi connectivity index (χ4n) is 2.43. The highest BCUT2D eigenvalue weighted by Gasteiger charge is 2.18. The van der Waals surface area contributed by atoms with E-state index in [0.717, 1.165) is 27.8 Å². The number of anilines is 1. The molecule has 1 atom stereocenters. The lowest BCUT2D eigenvalue weighted by atomic mass is 10.1. The summed E-state index contributed by atoms with van der Waals surface area (Å²) >= 11 is 6.85. The van der Waals surface area contributed by atoms with E-state index >= 15 is 0 Å². The van der Waals surface area contributed by atoms with Crippen LogP contribution in [0.2, 0.25) is 5.02 Å². The second-order valence-electron chi connectivity index (χ2n) is 6.00. The van der Waals surface area contributed by atoms with Gasteiger partial charge in [-0.05, 0) is 80.1 Å². The maximum absolute atomic E-state index is 12.1. The van der Waals surface area contributed by atoms with Crippen LogP contribution in [0.15, 0.2) is 41.3 Å². The number of nitrogens with one attached hydrogen (secondary N) is 1. The van der Waals surface area contributed by atoms with E-state index in [0.29, 0.717) is 16.5 Å². The molecule has 2 aromatic rings. The third kappa shape index (κ3) is 6.19. The van der Waals surface area contributed by atoms with Crippen molar-refractivity contribution < 1.29 is 19.1 Å². The molecule has 1 N–H and O–H groups in total. The number of nitriles is 1. The van der Waals surface area contributed by atoms with Gasteiger partial charge in [0.05, 0.1) is 0 Å². The van der Waals surface area contributed by atoms with E-state index in [4.69, 9.17) is 26.3 Å². The number of carbonyl (C=O) groups is 2. The summed E-state index contributed by atoms with van der Waals surface area (Å²) in [5.74, 6) is -0.641. The molecule has 2 rings (SSSR count). The second-order valence-corrected chi connectivity index (χ2v) is 7.29. The van der Waals surface area contributed by atoms with Gasteiger partial charge in [0, 0.05) is 15.6 Å². The largest absolute Gasteiger partial charge is 0.479 e. The molecule has 0 heterocycles. The van der Waals surface area contributed by atoms with Crippen LogP contribution >= 0.6 is 23.4 Å². The number of thiocyanates is 1. The fourth-order valence-corrected chi connectivity index (χ4v) is 3.13. The van der Waals surface area contributed by atoms with Gasteiger partial charge < -0.3 is 14.8 Å². The molecule has 0 aliphatic carbocycles. The Bertz CT molecular complexity index is 886. The van der Waals surface area contributed by atoms with Crippen molar-refractivity contribution in [2.75, 3.05) is 11.9 Å². The summed E-state index contributed by atoms with van der Waals surface area (Å²) in [6, 6.07) is 10.2. The van der Waals surface area contributed by atoms with Crippen LogP contribution in [0.3, 0.4) is 0 Å². The molecule has 0 aliphatic heterocycles. The Morgan fingerprint density at radius 1 is 1.21 bits per heavy atom. The first-order valence-electron chi connectivity index (χ1n) is 8.36. The zero-order valence-electron chi connectivity index (χ0n) is 15.6. The van der Waals surface area contributed by atoms with E-state index in [2.05, 4.69) is 5.32 Å². The van der Waals surface area contributed by atoms with Gasteiger partial charge in [0.1, 0.15) is 11.2 Å². The van der Waals surface area contributed by atoms with Crippen LogP contribution < -0.4 is 10.1 Å². The highest BCUT2D eigenvalue weighted by Crippen LogP contribution is 2.27. The summed E-state index contributed by atoms with van der Waals surface area (Å²) in [5, 5.41) is 14.1. The number of ether oxygens (including phenoxy) is 2. The van der Waals surface area contributed by atoms with Gasteiger partial charge in [0.15, 0.2) is 12.7 Å². The molecule has 0 fully saturated rings. The smallest absolute Gasteiger partial charge is 0.347 e. The normalized spacial score (nSPS) is 11.2. The second kappa shape index (κ2) is 10.0. The lowest BCUT2D eigenvalue weighted by Crippen LogP contribution is -2.30. The van der Waals surface area contributed by atoms with Crippen molar-refractivity contribution >= 4 is 40.9 Å². The molecule has 146 valence electrons. The summed E-state index contributed by atoms with van der Waals surface area (Å²) in [7, 11) is 0. The lowest BCUT2D eigenvalue weighted by Gasteiger charge is -2.15. The molecule has 0 aromatic heterocycles. The highest BCUT2D eigenvalue weighted by molar-refractivity contribution is 8.03. The molecule has 0 radical (unpaired) electrons. The first kappa shape index (κ1) is 21.6. The van der Waals surface area contributed by atoms with Gasteiger partial charge in [-0.2, -0.15) is 5.26 Å². The number of esters is 1. The van der Waals surface area contributed by atoms with Crippen molar-refractivity contribution in [2.24, 2.45) is 0 Å². The third-order valence-corrected chi connectivity index (χ3v) is 4.55. The summed E-state index contributed by atoms with van der Waals surface area (Å²) in [6.45, 7) is 4.77. The van der Waals surface area contributed by atoms with Crippen molar-refractivity contribution in [3.8, 4) is 11.2 Å². The topological polar surface area (TPSA) is 88.4 Å². The standard InChI is InChI=1S/C20H19ClN2O4S/c1-12-8-17(28-11-22)9-13(2)19(12)23-18(24)10-26-20(25)14(3)27-16-6-4-15(21)5-7-16/h4-9,14H,10H2,1-3H3,(H,23,24)/t14-/m1/s1. The van der Waals surface area contributed by atoms with Crippen LogP contribution in [0.5, 0.6) is 5.75 Å². The Morgan fingerprint density at radius 2 is 1.82 bits per heavy atom. The molecule has 0 saturated carbocycles. The number of nitrogens with zero attached hydrogens (tertiary/aromatic N) is 1. The monoisotopic (exact) mass is 418 g/mol. The molecular weight excluding hydrogens is 400 g/mol. The minimum Gasteiger partial charge on any atom is -0.479 e. The molecule has 0 bridgehead atoms. The summed E-state index contributed by atoms with van der Waals surface area (Å²) in [4.78, 5) is 25.0. The van der Waals surface area contributed by atoms with Crippen LogP contribution in [-0.2, 0) is 14.3 Å². The van der Waals surface area contributed by atoms with Crippen molar-refractivity contribution in [1.82, 2.24) is 0 Å². The van der Waals surface area contributed by atoms with Crippen molar-refractivity contribution in [3.63, 3.8) is 0 Å². The Balaban J connectivity index is 1.89. The van der Waals surface area contributed by atoms with Crippen LogP contribution in [0, 0.1) is 24.5 Å². The number of halogens is 1. The number of aryl methyl sites for hydroxylation is 2. The molecule has 6 nitrogen and oxygen atoms in total. The van der Waals surface area contributed by atoms with E-state index in [1.807, 2.05) is 31.4 Å². The number of hydrogen-bond acceptors (Lipinski definition) is 6. The minimum atomic E-state index is -0.875. The number of benzene rings is 2. The van der Waals surface area contributed by atoms with Crippen molar-refractivity contribution in [3.05, 3.63) is 52.5 Å². The summed E-state index contributed by atoms with van der Waals surface area (Å²) in [5.41, 5.74) is 2.27. The Kier molecular flexibility index (Phi) is 7.73. The van der Waals surface area contributed by atoms with E-state index in [9.17, 15) is 9.59 Å². The van der Waals surface area contributed by atoms with Crippen LogP contribution in [0.25, 0.3) is 0 Å². The van der Waals surface area contributed by atoms with Gasteiger partial charge >= 0.3 is 5.97 Å². The summed E-state index contributed by atoms with van der Waals surface area (Å²) in [6.07, 6.45) is -0.875. The number of rotatable bonds is 7. The Hall–Kier alpha value is -2.69. The van der Waals surface area contributed by atoms with Gasteiger partial charge in [0.2, 0.25) is 0 Å². The quantitative estimate of drug-likeness (QED) is 0.405. The van der Waals surface area contributed by atoms with Crippen molar-refractivity contribution in [2.45, 2.75) is 31.8 Å². The van der Waals surface area contributed by atoms with Gasteiger partial charge in [-0.3, -0.25) is 4.79 Å². The summed E-state index contributed by atoms with van der Waals surface area (Å²) < 4.78 is 10.5. The average Bonchev–Trinajstić information content (AvgIpc) is 2.65. The molecule has 1 amide bonds. The van der Waals surface area contributed by atoms with E-state index in [-0.39, 0.29) is 0 Å². The number of amides is 1. The fraction of sp³-hybridized carbons (Fsp3) is 0.250. The molecule has 28 heavy (non-hydrogen) atoms. The number of thioether (sulfide) groups is 1.